The van der Waals surface area contributed by atoms with Gasteiger partial charge in [-0.15, -0.1) is 0 Å². The summed E-state index contributed by atoms with van der Waals surface area (Å²) in [7, 11) is 0. The Kier molecular flexibility index (Phi) is 6.38. The van der Waals surface area contributed by atoms with Crippen LogP contribution in [0.4, 0.5) is 0 Å². The molecule has 0 aliphatic rings. The number of para-hydroxylation sites is 2. The highest BCUT2D eigenvalue weighted by Crippen LogP contribution is 2.34. The van der Waals surface area contributed by atoms with Crippen molar-refractivity contribution in [3.8, 4) is 22.5 Å². The molecule has 2 aromatic heterocycles. The second kappa shape index (κ2) is 10.2. The zero-order valence-corrected chi connectivity index (χ0v) is 22.7. The van der Waals surface area contributed by atoms with Crippen molar-refractivity contribution in [2.75, 3.05) is 0 Å². The Labute approximate surface area is 230 Å². The van der Waals surface area contributed by atoms with Crippen LogP contribution in [-0.2, 0) is 0 Å². The summed E-state index contributed by atoms with van der Waals surface area (Å²) in [6.07, 6.45) is 10.5. The highest BCUT2D eigenvalue weighted by Gasteiger charge is 2.15. The van der Waals surface area contributed by atoms with E-state index in [1.165, 1.54) is 55.4 Å². The van der Waals surface area contributed by atoms with Gasteiger partial charge in [-0.3, -0.25) is 0 Å². The number of allylic oxidation sites excluding steroid dienone is 2. The Morgan fingerprint density at radius 2 is 1.03 bits per heavy atom. The van der Waals surface area contributed by atoms with Gasteiger partial charge in [0.15, 0.2) is 0 Å². The molecule has 0 aliphatic carbocycles. The van der Waals surface area contributed by atoms with E-state index in [-0.39, 0.29) is 0 Å². The predicted octanol–water partition coefficient (Wildman–Crippen LogP) is 10.3. The van der Waals surface area contributed by atoms with Crippen LogP contribution in [0.15, 0.2) is 116 Å². The van der Waals surface area contributed by atoms with Gasteiger partial charge in [-0.1, -0.05) is 91.5 Å². The molecule has 0 amide bonds. The summed E-state index contributed by atoms with van der Waals surface area (Å²) in [5.74, 6) is 0. The first-order chi connectivity index (χ1) is 19.2. The van der Waals surface area contributed by atoms with Crippen LogP contribution in [0.5, 0.6) is 0 Å². The Balaban J connectivity index is 1.38. The molecule has 0 radical (unpaired) electrons. The largest absolute Gasteiger partial charge is 0.313 e. The third-order valence-electron chi connectivity index (χ3n) is 7.56. The maximum Gasteiger partial charge on any atom is 0.0541 e. The van der Waals surface area contributed by atoms with E-state index in [0.717, 1.165) is 11.4 Å². The highest BCUT2D eigenvalue weighted by atomic mass is 15.0. The van der Waals surface area contributed by atoms with Gasteiger partial charge in [0.05, 0.1) is 16.7 Å². The first-order valence-electron chi connectivity index (χ1n) is 13.5. The second-order valence-corrected chi connectivity index (χ2v) is 9.80. The Morgan fingerprint density at radius 1 is 0.564 bits per heavy atom. The van der Waals surface area contributed by atoms with Crippen molar-refractivity contribution in [3.05, 3.63) is 138 Å². The quantitative estimate of drug-likeness (QED) is 0.213. The van der Waals surface area contributed by atoms with E-state index in [9.17, 15) is 0 Å². The fourth-order valence-corrected chi connectivity index (χ4v) is 5.81. The van der Waals surface area contributed by atoms with Crippen LogP contribution in [0, 0.1) is 6.92 Å². The molecule has 6 rings (SSSR count). The summed E-state index contributed by atoms with van der Waals surface area (Å²) in [6, 6.07) is 34.9. The Hall–Kier alpha value is -4.82. The first-order valence-corrected chi connectivity index (χ1v) is 13.5. The van der Waals surface area contributed by atoms with Gasteiger partial charge >= 0.3 is 0 Å². The van der Waals surface area contributed by atoms with Crippen molar-refractivity contribution >= 4 is 40.0 Å². The van der Waals surface area contributed by atoms with Gasteiger partial charge in [-0.05, 0) is 74.4 Å². The van der Waals surface area contributed by atoms with Gasteiger partial charge in [0.25, 0.3) is 0 Å². The molecule has 0 spiro atoms. The lowest BCUT2D eigenvalue weighted by molar-refractivity contribution is 1.05. The second-order valence-electron chi connectivity index (χ2n) is 9.80. The molecule has 190 valence electrons. The zero-order chi connectivity index (χ0) is 26.9. The van der Waals surface area contributed by atoms with Crippen molar-refractivity contribution in [1.29, 1.82) is 0 Å². The molecule has 2 nitrogen and oxygen atoms in total. The smallest absolute Gasteiger partial charge is 0.0541 e. The van der Waals surface area contributed by atoms with Crippen molar-refractivity contribution in [1.82, 2.24) is 9.13 Å². The molecular weight excluding hydrogens is 472 g/mol. The van der Waals surface area contributed by atoms with Crippen molar-refractivity contribution < 1.29 is 0 Å². The zero-order valence-electron chi connectivity index (χ0n) is 22.7. The van der Waals surface area contributed by atoms with Gasteiger partial charge in [0, 0.05) is 39.0 Å². The number of hydrogen-bond donors (Lipinski definition) is 0. The molecule has 0 unspecified atom stereocenters. The van der Waals surface area contributed by atoms with Gasteiger partial charge in [-0.2, -0.15) is 0 Å². The number of hydrogen-bond acceptors (Lipinski definition) is 0. The van der Waals surface area contributed by atoms with Gasteiger partial charge in [0.2, 0.25) is 0 Å². The SMILES string of the molecule is C=Cc1c(/C=C\C)c2ccccc2n1-c1ccc(-c2ccc(-n3c(C)c(/C=C\C)c4ccccc43)cc2)cc1. The lowest BCUT2D eigenvalue weighted by atomic mass is 10.0. The van der Waals surface area contributed by atoms with Crippen LogP contribution in [0.1, 0.15) is 36.4 Å². The topological polar surface area (TPSA) is 9.86 Å². The molecule has 0 N–H and O–H groups in total. The first kappa shape index (κ1) is 24.5. The van der Waals surface area contributed by atoms with E-state index in [2.05, 4.69) is 158 Å². The summed E-state index contributed by atoms with van der Waals surface area (Å²) in [5.41, 5.74) is 11.9. The molecular formula is C37H32N2. The molecule has 0 fully saturated rings. The molecule has 0 saturated heterocycles. The van der Waals surface area contributed by atoms with Crippen LogP contribution in [0.2, 0.25) is 0 Å². The van der Waals surface area contributed by atoms with Crippen LogP contribution in [-0.4, -0.2) is 9.13 Å². The maximum atomic E-state index is 4.13. The van der Waals surface area contributed by atoms with Crippen LogP contribution >= 0.6 is 0 Å². The number of aromatic nitrogens is 2. The lowest BCUT2D eigenvalue weighted by Crippen LogP contribution is -1.97. The molecule has 39 heavy (non-hydrogen) atoms. The van der Waals surface area contributed by atoms with E-state index in [0.29, 0.717) is 0 Å². The molecule has 2 heterocycles. The third-order valence-corrected chi connectivity index (χ3v) is 7.56. The summed E-state index contributed by atoms with van der Waals surface area (Å²) in [6.45, 7) is 10.5. The van der Waals surface area contributed by atoms with E-state index in [1.54, 1.807) is 0 Å². The number of benzene rings is 4. The standard InChI is InChI=1S/C37H32N2/c1-5-12-31-26(4)38(36-16-10-8-14-33(31)36)29-22-18-27(19-23-29)28-20-24-30(25-21-28)39-35(7-3)32(13-6-2)34-15-9-11-17-37(34)39/h5-25H,3H2,1-2,4H3/b12-5-,13-6-. The van der Waals surface area contributed by atoms with Gasteiger partial charge < -0.3 is 9.13 Å². The average molecular weight is 505 g/mol. The van der Waals surface area contributed by atoms with Crippen molar-refractivity contribution in [2.24, 2.45) is 0 Å². The fourth-order valence-electron chi connectivity index (χ4n) is 5.81. The summed E-state index contributed by atoms with van der Waals surface area (Å²) in [4.78, 5) is 0. The number of rotatable bonds is 6. The molecule has 6 aromatic rings. The minimum Gasteiger partial charge on any atom is -0.313 e. The minimum absolute atomic E-state index is 1.11. The van der Waals surface area contributed by atoms with Crippen molar-refractivity contribution in [3.63, 3.8) is 0 Å². The van der Waals surface area contributed by atoms with Crippen LogP contribution in [0.25, 0.3) is 62.5 Å². The monoisotopic (exact) mass is 504 g/mol. The van der Waals surface area contributed by atoms with Gasteiger partial charge in [0.1, 0.15) is 0 Å². The minimum atomic E-state index is 1.11. The Bertz CT molecular complexity index is 1870. The Morgan fingerprint density at radius 3 is 1.56 bits per heavy atom. The van der Waals surface area contributed by atoms with Crippen molar-refractivity contribution in [2.45, 2.75) is 20.8 Å². The van der Waals surface area contributed by atoms with E-state index < -0.39 is 0 Å². The normalized spacial score (nSPS) is 11.9. The van der Waals surface area contributed by atoms with E-state index in [1.807, 2.05) is 6.08 Å². The molecule has 2 heteroatoms. The molecule has 0 saturated carbocycles. The molecule has 0 atom stereocenters. The maximum absolute atomic E-state index is 4.13. The predicted molar refractivity (Wildman–Crippen MR) is 170 cm³/mol. The third kappa shape index (κ3) is 4.06. The van der Waals surface area contributed by atoms with Crippen LogP contribution in [0.3, 0.4) is 0 Å². The number of fused-ring (bicyclic) bond motifs is 2. The highest BCUT2D eigenvalue weighted by molar-refractivity contribution is 5.95. The van der Waals surface area contributed by atoms with Gasteiger partial charge in [-0.25, -0.2) is 0 Å². The van der Waals surface area contributed by atoms with Crippen LogP contribution < -0.4 is 0 Å². The average Bonchev–Trinajstić information content (AvgIpc) is 3.45. The lowest BCUT2D eigenvalue weighted by Gasteiger charge is -2.12. The number of nitrogens with zero attached hydrogens (tertiary/aromatic N) is 2. The summed E-state index contributed by atoms with van der Waals surface area (Å²) in [5, 5.41) is 2.51. The van der Waals surface area contributed by atoms with E-state index in [4.69, 9.17) is 0 Å². The van der Waals surface area contributed by atoms with E-state index >= 15 is 0 Å². The molecule has 4 aromatic carbocycles. The molecule has 0 bridgehead atoms. The summed E-state index contributed by atoms with van der Waals surface area (Å²) >= 11 is 0. The fraction of sp³-hybridized carbons (Fsp3) is 0.0811. The summed E-state index contributed by atoms with van der Waals surface area (Å²) < 4.78 is 4.65. The molecule has 0 aliphatic heterocycles.